The molecule has 122 valence electrons. The lowest BCUT2D eigenvalue weighted by atomic mass is 9.97. The van der Waals surface area contributed by atoms with Crippen molar-refractivity contribution >= 4 is 5.69 Å². The third-order valence-electron chi connectivity index (χ3n) is 4.01. The average Bonchev–Trinajstić information content (AvgIpc) is 2.63. The first-order valence-electron chi connectivity index (χ1n) is 7.70. The predicted molar refractivity (Wildman–Crippen MR) is 94.7 cm³/mol. The van der Waals surface area contributed by atoms with Gasteiger partial charge in [-0.15, -0.1) is 0 Å². The number of anilines is 1. The largest absolute Gasteiger partial charge is 0.491 e. The molecule has 0 fully saturated rings. The Bertz CT molecular complexity index is 804. The van der Waals surface area contributed by atoms with Gasteiger partial charge in [-0.25, -0.2) is 4.79 Å². The zero-order chi connectivity index (χ0) is 16.9. The van der Waals surface area contributed by atoms with Crippen LogP contribution in [0.3, 0.4) is 0 Å². The highest BCUT2D eigenvalue weighted by Crippen LogP contribution is 2.35. The Morgan fingerprint density at radius 2 is 1.50 bits per heavy atom. The van der Waals surface area contributed by atoms with Gasteiger partial charge in [-0.2, -0.15) is 0 Å². The SMILES string of the molecule is COc1coc(=O)cc1N(C)C(c1ccccc1)c1ccccc1. The Labute approximate surface area is 140 Å². The van der Waals surface area contributed by atoms with E-state index in [2.05, 4.69) is 24.3 Å². The summed E-state index contributed by atoms with van der Waals surface area (Å²) >= 11 is 0. The van der Waals surface area contributed by atoms with Crippen LogP contribution in [0, 0.1) is 0 Å². The van der Waals surface area contributed by atoms with E-state index in [4.69, 9.17) is 9.15 Å². The predicted octanol–water partition coefficient (Wildman–Crippen LogP) is 3.87. The molecule has 1 aromatic heterocycles. The quantitative estimate of drug-likeness (QED) is 0.715. The maximum absolute atomic E-state index is 11.7. The molecular formula is C20H19NO3. The van der Waals surface area contributed by atoms with Gasteiger partial charge in [-0.3, -0.25) is 0 Å². The molecule has 0 atom stereocenters. The molecule has 3 aromatic rings. The number of ether oxygens (including phenoxy) is 1. The van der Waals surface area contributed by atoms with Gasteiger partial charge in [0, 0.05) is 7.05 Å². The van der Waals surface area contributed by atoms with Crippen molar-refractivity contribution in [1.29, 1.82) is 0 Å². The van der Waals surface area contributed by atoms with Crippen LogP contribution in [0.5, 0.6) is 5.75 Å². The molecule has 4 nitrogen and oxygen atoms in total. The molecule has 0 amide bonds. The van der Waals surface area contributed by atoms with E-state index in [1.807, 2.05) is 48.3 Å². The lowest BCUT2D eigenvalue weighted by Gasteiger charge is -2.31. The Balaban J connectivity index is 2.13. The van der Waals surface area contributed by atoms with Crippen LogP contribution < -0.4 is 15.3 Å². The summed E-state index contributed by atoms with van der Waals surface area (Å²) < 4.78 is 10.3. The fourth-order valence-electron chi connectivity index (χ4n) is 2.87. The molecule has 0 aliphatic rings. The van der Waals surface area contributed by atoms with Gasteiger partial charge in [0.05, 0.1) is 24.9 Å². The average molecular weight is 321 g/mol. The van der Waals surface area contributed by atoms with Gasteiger partial charge in [0.25, 0.3) is 0 Å². The normalized spacial score (nSPS) is 10.6. The van der Waals surface area contributed by atoms with Crippen molar-refractivity contribution in [2.24, 2.45) is 0 Å². The van der Waals surface area contributed by atoms with Gasteiger partial charge >= 0.3 is 5.63 Å². The number of methoxy groups -OCH3 is 1. The van der Waals surface area contributed by atoms with Crippen molar-refractivity contribution in [2.75, 3.05) is 19.1 Å². The van der Waals surface area contributed by atoms with Crippen molar-refractivity contribution in [2.45, 2.75) is 6.04 Å². The lowest BCUT2D eigenvalue weighted by molar-refractivity contribution is 0.384. The molecule has 0 N–H and O–H groups in total. The fourth-order valence-corrected chi connectivity index (χ4v) is 2.87. The summed E-state index contributed by atoms with van der Waals surface area (Å²) in [5.41, 5.74) is 2.53. The minimum absolute atomic E-state index is 0.0527. The molecule has 24 heavy (non-hydrogen) atoms. The zero-order valence-corrected chi connectivity index (χ0v) is 13.7. The van der Waals surface area contributed by atoms with Crippen LogP contribution in [0.4, 0.5) is 5.69 Å². The summed E-state index contributed by atoms with van der Waals surface area (Å²) in [6, 6.07) is 21.7. The van der Waals surface area contributed by atoms with Gasteiger partial charge in [0.15, 0.2) is 5.75 Å². The van der Waals surface area contributed by atoms with Crippen molar-refractivity contribution in [3.63, 3.8) is 0 Å². The van der Waals surface area contributed by atoms with Gasteiger partial charge in [0.2, 0.25) is 0 Å². The van der Waals surface area contributed by atoms with Gasteiger partial charge in [-0.05, 0) is 11.1 Å². The summed E-state index contributed by atoms with van der Waals surface area (Å²) in [4.78, 5) is 13.7. The Hall–Kier alpha value is -3.01. The number of nitrogens with zero attached hydrogens (tertiary/aromatic N) is 1. The first-order chi connectivity index (χ1) is 11.7. The highest BCUT2D eigenvalue weighted by Gasteiger charge is 2.22. The van der Waals surface area contributed by atoms with Crippen LogP contribution in [0.25, 0.3) is 0 Å². The van der Waals surface area contributed by atoms with Crippen LogP contribution >= 0.6 is 0 Å². The maximum Gasteiger partial charge on any atom is 0.337 e. The van der Waals surface area contributed by atoms with Crippen LogP contribution in [-0.2, 0) is 0 Å². The molecular weight excluding hydrogens is 302 g/mol. The van der Waals surface area contributed by atoms with Crippen LogP contribution in [-0.4, -0.2) is 14.2 Å². The van der Waals surface area contributed by atoms with Gasteiger partial charge in [0.1, 0.15) is 6.26 Å². The minimum Gasteiger partial charge on any atom is -0.491 e. The molecule has 3 rings (SSSR count). The molecule has 0 saturated heterocycles. The van der Waals surface area contributed by atoms with Crippen LogP contribution in [0.1, 0.15) is 17.2 Å². The van der Waals surface area contributed by atoms with Crippen molar-refractivity contribution in [3.05, 3.63) is 94.5 Å². The summed E-state index contributed by atoms with van der Waals surface area (Å²) in [5.74, 6) is 0.522. The molecule has 0 bridgehead atoms. The van der Waals surface area contributed by atoms with Crippen molar-refractivity contribution < 1.29 is 9.15 Å². The fraction of sp³-hybridized carbons (Fsp3) is 0.150. The first-order valence-corrected chi connectivity index (χ1v) is 7.70. The van der Waals surface area contributed by atoms with Crippen LogP contribution in [0.15, 0.2) is 82.2 Å². The van der Waals surface area contributed by atoms with Crippen LogP contribution in [0.2, 0.25) is 0 Å². The van der Waals surface area contributed by atoms with Crippen molar-refractivity contribution in [1.82, 2.24) is 0 Å². The highest BCUT2D eigenvalue weighted by molar-refractivity contribution is 5.59. The number of benzene rings is 2. The van der Waals surface area contributed by atoms with Gasteiger partial charge < -0.3 is 14.1 Å². The van der Waals surface area contributed by atoms with Crippen molar-refractivity contribution in [3.8, 4) is 5.75 Å². The van der Waals surface area contributed by atoms with E-state index in [-0.39, 0.29) is 6.04 Å². The first kappa shape index (κ1) is 15.9. The second-order valence-electron chi connectivity index (χ2n) is 5.49. The van der Waals surface area contributed by atoms with E-state index in [1.54, 1.807) is 7.11 Å². The minimum atomic E-state index is -0.405. The third kappa shape index (κ3) is 3.18. The zero-order valence-electron chi connectivity index (χ0n) is 13.7. The Kier molecular flexibility index (Phi) is 4.66. The number of hydrogen-bond donors (Lipinski definition) is 0. The topological polar surface area (TPSA) is 42.7 Å². The molecule has 0 aliphatic carbocycles. The number of rotatable bonds is 5. The summed E-state index contributed by atoms with van der Waals surface area (Å²) in [5, 5.41) is 0. The highest BCUT2D eigenvalue weighted by atomic mass is 16.5. The molecule has 0 aliphatic heterocycles. The monoisotopic (exact) mass is 321 g/mol. The third-order valence-corrected chi connectivity index (χ3v) is 4.01. The summed E-state index contributed by atoms with van der Waals surface area (Å²) in [7, 11) is 3.51. The van der Waals surface area contributed by atoms with E-state index >= 15 is 0 Å². The van der Waals surface area contributed by atoms with E-state index in [9.17, 15) is 4.79 Å². The molecule has 0 spiro atoms. The standard InChI is InChI=1S/C20H19NO3/c1-21(17-13-19(22)24-14-18(17)23-2)20(15-9-5-3-6-10-15)16-11-7-4-8-12-16/h3-14,20H,1-2H3. The molecule has 0 unspecified atom stereocenters. The maximum atomic E-state index is 11.7. The smallest absolute Gasteiger partial charge is 0.337 e. The van der Waals surface area contributed by atoms with E-state index in [0.717, 1.165) is 11.1 Å². The second kappa shape index (κ2) is 7.04. The van der Waals surface area contributed by atoms with E-state index < -0.39 is 5.63 Å². The Morgan fingerprint density at radius 1 is 0.958 bits per heavy atom. The van der Waals surface area contributed by atoms with Gasteiger partial charge in [-0.1, -0.05) is 60.7 Å². The molecule has 4 heteroatoms. The molecule has 2 aromatic carbocycles. The molecule has 0 saturated carbocycles. The summed E-state index contributed by atoms with van der Waals surface area (Å²) in [6.07, 6.45) is 1.35. The van der Waals surface area contributed by atoms with E-state index in [0.29, 0.717) is 11.4 Å². The Morgan fingerprint density at radius 3 is 2.00 bits per heavy atom. The summed E-state index contributed by atoms with van der Waals surface area (Å²) in [6.45, 7) is 0. The number of hydrogen-bond acceptors (Lipinski definition) is 4. The second-order valence-corrected chi connectivity index (χ2v) is 5.49. The molecule has 0 radical (unpaired) electrons. The van der Waals surface area contributed by atoms with E-state index in [1.165, 1.54) is 12.3 Å². The lowest BCUT2D eigenvalue weighted by Crippen LogP contribution is -2.26. The molecule has 1 heterocycles.